The smallest absolute Gasteiger partial charge is 0.258 e. The third kappa shape index (κ3) is 6.63. The van der Waals surface area contributed by atoms with Gasteiger partial charge >= 0.3 is 0 Å². The SMILES string of the molecule is CSCC[C@H](NS(=O)(=O)c1ccc(C)cc1)C(=O)N/N=C/c1ccccc1Cl. The van der Waals surface area contributed by atoms with Crippen molar-refractivity contribution in [2.24, 2.45) is 5.10 Å². The molecule has 2 aromatic carbocycles. The van der Waals surface area contributed by atoms with E-state index in [1.54, 1.807) is 36.4 Å². The Morgan fingerprint density at radius 3 is 2.54 bits per heavy atom. The fourth-order valence-electron chi connectivity index (χ4n) is 2.28. The Morgan fingerprint density at radius 2 is 1.89 bits per heavy atom. The summed E-state index contributed by atoms with van der Waals surface area (Å²) >= 11 is 7.56. The molecule has 2 aromatic rings. The molecular weight excluding hydrogens is 418 g/mol. The number of thioether (sulfide) groups is 1. The van der Waals surface area contributed by atoms with Crippen LogP contribution in [0.15, 0.2) is 58.5 Å². The number of nitrogens with zero attached hydrogens (tertiary/aromatic N) is 1. The number of hydrogen-bond acceptors (Lipinski definition) is 5. The van der Waals surface area contributed by atoms with Crippen LogP contribution in [0, 0.1) is 6.92 Å². The van der Waals surface area contributed by atoms with Gasteiger partial charge in [-0.05, 0) is 43.6 Å². The van der Waals surface area contributed by atoms with Crippen molar-refractivity contribution in [2.45, 2.75) is 24.3 Å². The van der Waals surface area contributed by atoms with Gasteiger partial charge in [0.1, 0.15) is 6.04 Å². The molecule has 2 rings (SSSR count). The Labute approximate surface area is 174 Å². The van der Waals surface area contributed by atoms with Crippen LogP contribution in [0.2, 0.25) is 5.02 Å². The Kier molecular flexibility index (Phi) is 8.50. The maximum atomic E-state index is 12.6. The first-order valence-electron chi connectivity index (χ1n) is 8.49. The summed E-state index contributed by atoms with van der Waals surface area (Å²) in [7, 11) is -3.83. The molecular formula is C19H22ClN3O3S2. The van der Waals surface area contributed by atoms with E-state index in [1.807, 2.05) is 13.2 Å². The number of rotatable bonds is 9. The third-order valence-electron chi connectivity index (χ3n) is 3.84. The molecule has 0 radical (unpaired) electrons. The van der Waals surface area contributed by atoms with E-state index < -0.39 is 22.0 Å². The zero-order valence-electron chi connectivity index (χ0n) is 15.6. The van der Waals surface area contributed by atoms with Crippen molar-refractivity contribution < 1.29 is 13.2 Å². The largest absolute Gasteiger partial charge is 0.271 e. The highest BCUT2D eigenvalue weighted by Crippen LogP contribution is 2.13. The van der Waals surface area contributed by atoms with E-state index in [0.29, 0.717) is 22.8 Å². The predicted molar refractivity (Wildman–Crippen MR) is 115 cm³/mol. The van der Waals surface area contributed by atoms with E-state index in [4.69, 9.17) is 11.6 Å². The minimum Gasteiger partial charge on any atom is -0.271 e. The van der Waals surface area contributed by atoms with E-state index in [0.717, 1.165) is 5.56 Å². The highest BCUT2D eigenvalue weighted by molar-refractivity contribution is 7.98. The highest BCUT2D eigenvalue weighted by Gasteiger charge is 2.25. The number of carbonyl (C=O) groups is 1. The molecule has 0 aliphatic heterocycles. The second kappa shape index (κ2) is 10.6. The number of amides is 1. The van der Waals surface area contributed by atoms with Crippen LogP contribution in [0.4, 0.5) is 0 Å². The first-order valence-corrected chi connectivity index (χ1v) is 11.7. The van der Waals surface area contributed by atoms with E-state index >= 15 is 0 Å². The van der Waals surface area contributed by atoms with Crippen LogP contribution in [0.5, 0.6) is 0 Å². The molecule has 0 heterocycles. The molecule has 0 spiro atoms. The van der Waals surface area contributed by atoms with Gasteiger partial charge in [-0.3, -0.25) is 4.79 Å². The molecule has 0 saturated carbocycles. The first-order chi connectivity index (χ1) is 13.3. The minimum atomic E-state index is -3.83. The van der Waals surface area contributed by atoms with E-state index in [-0.39, 0.29) is 4.90 Å². The van der Waals surface area contributed by atoms with Crippen LogP contribution in [0.1, 0.15) is 17.5 Å². The van der Waals surface area contributed by atoms with E-state index in [2.05, 4.69) is 15.2 Å². The zero-order chi connectivity index (χ0) is 20.6. The van der Waals surface area contributed by atoms with Gasteiger partial charge in [0.15, 0.2) is 0 Å². The number of halogens is 1. The van der Waals surface area contributed by atoms with Gasteiger partial charge in [-0.1, -0.05) is 47.5 Å². The normalized spacial score (nSPS) is 12.8. The number of carbonyl (C=O) groups excluding carboxylic acids is 1. The second-order valence-electron chi connectivity index (χ2n) is 6.02. The topological polar surface area (TPSA) is 87.6 Å². The molecule has 0 aliphatic carbocycles. The molecule has 0 aliphatic rings. The van der Waals surface area contributed by atoms with Gasteiger partial charge in [0.05, 0.1) is 11.1 Å². The summed E-state index contributed by atoms with van der Waals surface area (Å²) in [6, 6.07) is 12.5. The van der Waals surface area contributed by atoms with Gasteiger partial charge in [0.25, 0.3) is 5.91 Å². The molecule has 0 bridgehead atoms. The molecule has 9 heteroatoms. The maximum absolute atomic E-state index is 12.6. The van der Waals surface area contributed by atoms with Gasteiger partial charge in [0.2, 0.25) is 10.0 Å². The lowest BCUT2D eigenvalue weighted by molar-refractivity contribution is -0.122. The van der Waals surface area contributed by atoms with Crippen LogP contribution in [0.25, 0.3) is 0 Å². The van der Waals surface area contributed by atoms with Gasteiger partial charge < -0.3 is 0 Å². The molecule has 0 saturated heterocycles. The number of benzene rings is 2. The monoisotopic (exact) mass is 439 g/mol. The van der Waals surface area contributed by atoms with E-state index in [9.17, 15) is 13.2 Å². The zero-order valence-corrected chi connectivity index (χ0v) is 17.9. The van der Waals surface area contributed by atoms with Crippen molar-refractivity contribution in [3.63, 3.8) is 0 Å². The van der Waals surface area contributed by atoms with Crippen LogP contribution in [0.3, 0.4) is 0 Å². The van der Waals surface area contributed by atoms with Crippen molar-refractivity contribution in [3.8, 4) is 0 Å². The number of hydrazone groups is 1. The standard InChI is InChI=1S/C19H22ClN3O3S2/c1-14-7-9-16(10-8-14)28(25,26)23-18(11-12-27-2)19(24)22-21-13-15-5-3-4-6-17(15)20/h3-10,13,18,23H,11-12H2,1-2H3,(H,22,24)/b21-13+/t18-/m0/s1. The van der Waals surface area contributed by atoms with Crippen molar-refractivity contribution in [3.05, 3.63) is 64.7 Å². The van der Waals surface area contributed by atoms with Gasteiger partial charge in [-0.25, -0.2) is 13.8 Å². The second-order valence-corrected chi connectivity index (χ2v) is 9.13. The van der Waals surface area contributed by atoms with Crippen molar-refractivity contribution in [2.75, 3.05) is 12.0 Å². The van der Waals surface area contributed by atoms with Gasteiger partial charge in [0, 0.05) is 10.6 Å². The molecule has 6 nitrogen and oxygen atoms in total. The lowest BCUT2D eigenvalue weighted by Crippen LogP contribution is -2.45. The molecule has 1 atom stereocenters. The number of nitrogens with one attached hydrogen (secondary N) is 2. The summed E-state index contributed by atoms with van der Waals surface area (Å²) < 4.78 is 27.7. The minimum absolute atomic E-state index is 0.111. The molecule has 2 N–H and O–H groups in total. The molecule has 28 heavy (non-hydrogen) atoms. The number of sulfonamides is 1. The first kappa shape index (κ1) is 22.4. The fourth-order valence-corrected chi connectivity index (χ4v) is 4.16. The van der Waals surface area contributed by atoms with Crippen LogP contribution < -0.4 is 10.1 Å². The van der Waals surface area contributed by atoms with Crippen molar-refractivity contribution >= 4 is 45.5 Å². The van der Waals surface area contributed by atoms with Gasteiger partial charge in [-0.2, -0.15) is 21.6 Å². The van der Waals surface area contributed by atoms with Crippen LogP contribution in [-0.2, 0) is 14.8 Å². The summed E-state index contributed by atoms with van der Waals surface area (Å²) in [5.41, 5.74) is 3.98. The Hall–Kier alpha value is -1.87. The van der Waals surface area contributed by atoms with E-state index in [1.165, 1.54) is 30.1 Å². The molecule has 0 unspecified atom stereocenters. The molecule has 150 valence electrons. The third-order valence-corrected chi connectivity index (χ3v) is 6.32. The van der Waals surface area contributed by atoms with Crippen molar-refractivity contribution in [1.29, 1.82) is 0 Å². The predicted octanol–water partition coefficient (Wildman–Crippen LogP) is 3.20. The van der Waals surface area contributed by atoms with Gasteiger partial charge in [-0.15, -0.1) is 0 Å². The number of aryl methyl sites for hydroxylation is 1. The van der Waals surface area contributed by atoms with Crippen LogP contribution in [-0.4, -0.2) is 38.6 Å². The average molecular weight is 440 g/mol. The lowest BCUT2D eigenvalue weighted by atomic mass is 10.2. The lowest BCUT2D eigenvalue weighted by Gasteiger charge is -2.17. The summed E-state index contributed by atoms with van der Waals surface area (Å²) in [6.07, 6.45) is 3.64. The quantitative estimate of drug-likeness (QED) is 0.464. The fraction of sp³-hybridized carbons (Fsp3) is 0.263. The molecule has 0 aromatic heterocycles. The Bertz CT molecular complexity index is 932. The summed E-state index contributed by atoms with van der Waals surface area (Å²) in [4.78, 5) is 12.6. The average Bonchev–Trinajstić information content (AvgIpc) is 2.66. The Morgan fingerprint density at radius 1 is 1.21 bits per heavy atom. The van der Waals surface area contributed by atoms with Crippen LogP contribution >= 0.6 is 23.4 Å². The maximum Gasteiger partial charge on any atom is 0.258 e. The Balaban J connectivity index is 2.10. The highest BCUT2D eigenvalue weighted by atomic mass is 35.5. The number of hydrogen-bond donors (Lipinski definition) is 2. The summed E-state index contributed by atoms with van der Waals surface area (Å²) in [5.74, 6) is 0.0796. The summed E-state index contributed by atoms with van der Waals surface area (Å²) in [6.45, 7) is 1.87. The summed E-state index contributed by atoms with van der Waals surface area (Å²) in [5, 5.41) is 4.39. The molecule has 0 fully saturated rings. The molecule has 1 amide bonds. The van der Waals surface area contributed by atoms with Crippen molar-refractivity contribution in [1.82, 2.24) is 10.1 Å².